The molecule has 0 radical (unpaired) electrons. The molecule has 24 heavy (non-hydrogen) atoms. The van der Waals surface area contributed by atoms with Crippen molar-refractivity contribution in [3.63, 3.8) is 0 Å². The van der Waals surface area contributed by atoms with Crippen molar-refractivity contribution >= 4 is 11.8 Å². The van der Waals surface area contributed by atoms with Crippen LogP contribution in [0.4, 0.5) is 0 Å². The molecule has 0 aromatic heterocycles. The standard InChI is InChI=1S/C19H34N2O3/c1-2-3-7-12-20-18(23)16-8-13-21(14-9-16)17(22)15-19(24)10-5-4-6-11-19/h16,24H,2-15H2,1H3,(H,20,23). The lowest BCUT2D eigenvalue weighted by molar-refractivity contribution is -0.141. The SMILES string of the molecule is CCCCCNC(=O)C1CCN(C(=O)CC2(O)CCCCC2)CC1. The minimum Gasteiger partial charge on any atom is -0.389 e. The van der Waals surface area contributed by atoms with Crippen LogP contribution in [0, 0.1) is 5.92 Å². The number of hydrogen-bond acceptors (Lipinski definition) is 3. The van der Waals surface area contributed by atoms with Crippen molar-refractivity contribution in [3.05, 3.63) is 0 Å². The monoisotopic (exact) mass is 338 g/mol. The highest BCUT2D eigenvalue weighted by Crippen LogP contribution is 2.32. The zero-order valence-electron chi connectivity index (χ0n) is 15.2. The van der Waals surface area contributed by atoms with Crippen LogP contribution in [-0.2, 0) is 9.59 Å². The summed E-state index contributed by atoms with van der Waals surface area (Å²) in [5, 5.41) is 13.6. The molecule has 2 aliphatic rings. The van der Waals surface area contributed by atoms with Crippen LogP contribution in [0.5, 0.6) is 0 Å². The molecule has 2 fully saturated rings. The fourth-order valence-corrected chi connectivity index (χ4v) is 3.90. The summed E-state index contributed by atoms with van der Waals surface area (Å²) in [6.07, 6.45) is 9.76. The molecular formula is C19H34N2O3. The molecule has 0 spiro atoms. The van der Waals surface area contributed by atoms with Crippen molar-refractivity contribution < 1.29 is 14.7 Å². The highest BCUT2D eigenvalue weighted by atomic mass is 16.3. The van der Waals surface area contributed by atoms with Crippen LogP contribution >= 0.6 is 0 Å². The molecule has 2 amide bonds. The minimum atomic E-state index is -0.789. The molecule has 0 bridgehead atoms. The maximum Gasteiger partial charge on any atom is 0.225 e. The summed E-state index contributed by atoms with van der Waals surface area (Å²) in [5.41, 5.74) is -0.789. The van der Waals surface area contributed by atoms with Crippen molar-refractivity contribution in [1.29, 1.82) is 0 Å². The number of carbonyl (C=O) groups excluding carboxylic acids is 2. The van der Waals surface area contributed by atoms with Gasteiger partial charge in [0.15, 0.2) is 0 Å². The molecule has 5 heteroatoms. The van der Waals surface area contributed by atoms with Crippen LogP contribution in [0.1, 0.15) is 77.6 Å². The molecule has 5 nitrogen and oxygen atoms in total. The molecule has 0 atom stereocenters. The average molecular weight is 338 g/mol. The summed E-state index contributed by atoms with van der Waals surface area (Å²) < 4.78 is 0. The van der Waals surface area contributed by atoms with Crippen LogP contribution in [0.25, 0.3) is 0 Å². The maximum atomic E-state index is 12.5. The Bertz CT molecular complexity index is 411. The van der Waals surface area contributed by atoms with Gasteiger partial charge in [-0.15, -0.1) is 0 Å². The molecule has 138 valence electrons. The van der Waals surface area contributed by atoms with Gasteiger partial charge in [-0.25, -0.2) is 0 Å². The molecule has 1 aliphatic heterocycles. The van der Waals surface area contributed by atoms with Gasteiger partial charge in [0.25, 0.3) is 0 Å². The van der Waals surface area contributed by atoms with Crippen molar-refractivity contribution in [2.24, 2.45) is 5.92 Å². The predicted octanol–water partition coefficient (Wildman–Crippen LogP) is 2.62. The van der Waals surface area contributed by atoms with Gasteiger partial charge < -0.3 is 15.3 Å². The van der Waals surface area contributed by atoms with E-state index in [-0.39, 0.29) is 24.2 Å². The Morgan fingerprint density at radius 3 is 2.42 bits per heavy atom. The van der Waals surface area contributed by atoms with Gasteiger partial charge in [-0.1, -0.05) is 39.0 Å². The number of nitrogens with one attached hydrogen (secondary N) is 1. The summed E-state index contributed by atoms with van der Waals surface area (Å²) >= 11 is 0. The molecule has 1 saturated heterocycles. The van der Waals surface area contributed by atoms with Crippen molar-refractivity contribution in [2.75, 3.05) is 19.6 Å². The van der Waals surface area contributed by atoms with E-state index < -0.39 is 5.60 Å². The first-order valence-electron chi connectivity index (χ1n) is 9.82. The van der Waals surface area contributed by atoms with E-state index in [0.717, 1.165) is 70.8 Å². The smallest absolute Gasteiger partial charge is 0.225 e. The lowest BCUT2D eigenvalue weighted by atomic mass is 9.82. The van der Waals surface area contributed by atoms with Gasteiger partial charge in [0.1, 0.15) is 0 Å². The lowest BCUT2D eigenvalue weighted by Gasteiger charge is -2.36. The van der Waals surface area contributed by atoms with E-state index in [1.54, 1.807) is 0 Å². The first-order chi connectivity index (χ1) is 11.5. The molecular weight excluding hydrogens is 304 g/mol. The van der Waals surface area contributed by atoms with Gasteiger partial charge in [0.05, 0.1) is 12.0 Å². The van der Waals surface area contributed by atoms with Gasteiger partial charge in [-0.3, -0.25) is 9.59 Å². The largest absolute Gasteiger partial charge is 0.389 e. The first kappa shape index (κ1) is 19.2. The number of hydrogen-bond donors (Lipinski definition) is 2. The summed E-state index contributed by atoms with van der Waals surface area (Å²) in [6, 6.07) is 0. The highest BCUT2D eigenvalue weighted by molar-refractivity contribution is 5.80. The van der Waals surface area contributed by atoms with Crippen LogP contribution in [0.2, 0.25) is 0 Å². The molecule has 2 rings (SSSR count). The van der Waals surface area contributed by atoms with E-state index in [2.05, 4.69) is 12.2 Å². The van der Waals surface area contributed by atoms with Gasteiger partial charge in [0, 0.05) is 25.6 Å². The fraction of sp³-hybridized carbons (Fsp3) is 0.895. The number of aliphatic hydroxyl groups is 1. The number of piperidine rings is 1. The Balaban J connectivity index is 1.69. The molecule has 1 heterocycles. The Labute approximate surface area is 146 Å². The normalized spacial score (nSPS) is 21.5. The Kier molecular flexibility index (Phi) is 7.53. The Morgan fingerprint density at radius 1 is 1.12 bits per heavy atom. The van der Waals surface area contributed by atoms with Crippen LogP contribution < -0.4 is 5.32 Å². The van der Waals surface area contributed by atoms with E-state index >= 15 is 0 Å². The fourth-order valence-electron chi connectivity index (χ4n) is 3.90. The molecule has 1 aliphatic carbocycles. The Hall–Kier alpha value is -1.10. The first-order valence-corrected chi connectivity index (χ1v) is 9.82. The van der Waals surface area contributed by atoms with Crippen LogP contribution in [0.3, 0.4) is 0 Å². The molecule has 2 N–H and O–H groups in total. The van der Waals surface area contributed by atoms with E-state index in [1.807, 2.05) is 4.90 Å². The van der Waals surface area contributed by atoms with E-state index in [0.29, 0.717) is 13.1 Å². The third kappa shape index (κ3) is 5.76. The zero-order valence-corrected chi connectivity index (χ0v) is 15.2. The van der Waals surface area contributed by atoms with Crippen molar-refractivity contribution in [3.8, 4) is 0 Å². The molecule has 0 aromatic carbocycles. The topological polar surface area (TPSA) is 69.6 Å². The maximum absolute atomic E-state index is 12.5. The summed E-state index contributed by atoms with van der Waals surface area (Å²) in [7, 11) is 0. The molecule has 0 aromatic rings. The average Bonchev–Trinajstić information content (AvgIpc) is 2.59. The van der Waals surface area contributed by atoms with Crippen molar-refractivity contribution in [2.45, 2.75) is 83.2 Å². The summed E-state index contributed by atoms with van der Waals surface area (Å²) in [5.74, 6) is 0.235. The van der Waals surface area contributed by atoms with Crippen LogP contribution in [0.15, 0.2) is 0 Å². The second kappa shape index (κ2) is 9.40. The van der Waals surface area contributed by atoms with Gasteiger partial charge in [-0.05, 0) is 32.1 Å². The van der Waals surface area contributed by atoms with Crippen molar-refractivity contribution in [1.82, 2.24) is 10.2 Å². The second-order valence-electron chi connectivity index (χ2n) is 7.61. The van der Waals surface area contributed by atoms with E-state index in [9.17, 15) is 14.7 Å². The highest BCUT2D eigenvalue weighted by Gasteiger charge is 2.35. The number of unbranched alkanes of at least 4 members (excludes halogenated alkanes) is 2. The second-order valence-corrected chi connectivity index (χ2v) is 7.61. The Morgan fingerprint density at radius 2 is 1.79 bits per heavy atom. The predicted molar refractivity (Wildman–Crippen MR) is 94.5 cm³/mol. The number of rotatable bonds is 7. The molecule has 1 saturated carbocycles. The summed E-state index contributed by atoms with van der Waals surface area (Å²) in [6.45, 7) is 4.20. The number of nitrogens with zero attached hydrogens (tertiary/aromatic N) is 1. The number of carbonyl (C=O) groups is 2. The number of amides is 2. The third-order valence-corrected chi connectivity index (χ3v) is 5.56. The zero-order chi connectivity index (χ0) is 17.4. The summed E-state index contributed by atoms with van der Waals surface area (Å²) in [4.78, 5) is 26.4. The van der Waals surface area contributed by atoms with Gasteiger partial charge in [0.2, 0.25) is 11.8 Å². The third-order valence-electron chi connectivity index (χ3n) is 5.56. The van der Waals surface area contributed by atoms with E-state index in [4.69, 9.17) is 0 Å². The minimum absolute atomic E-state index is 0.0356. The van der Waals surface area contributed by atoms with Gasteiger partial charge in [-0.2, -0.15) is 0 Å². The molecule has 0 unspecified atom stereocenters. The quantitative estimate of drug-likeness (QED) is 0.701. The van der Waals surface area contributed by atoms with Crippen LogP contribution in [-0.4, -0.2) is 47.1 Å². The van der Waals surface area contributed by atoms with E-state index in [1.165, 1.54) is 0 Å². The van der Waals surface area contributed by atoms with Gasteiger partial charge >= 0.3 is 0 Å². The lowest BCUT2D eigenvalue weighted by Crippen LogP contribution is -2.46. The number of likely N-dealkylation sites (tertiary alicyclic amines) is 1.